The van der Waals surface area contributed by atoms with Crippen molar-refractivity contribution in [1.29, 1.82) is 0 Å². The summed E-state index contributed by atoms with van der Waals surface area (Å²) in [6, 6.07) is 12.9. The number of aromatic amines is 1. The number of aromatic nitrogens is 2. The van der Waals surface area contributed by atoms with E-state index >= 15 is 0 Å². The van der Waals surface area contributed by atoms with Gasteiger partial charge >= 0.3 is 0 Å². The van der Waals surface area contributed by atoms with Gasteiger partial charge in [-0.25, -0.2) is 4.98 Å². The molecule has 0 radical (unpaired) electrons. The summed E-state index contributed by atoms with van der Waals surface area (Å²) in [7, 11) is 0. The van der Waals surface area contributed by atoms with E-state index in [1.807, 2.05) is 29.5 Å². The topological polar surface area (TPSA) is 68.3 Å². The van der Waals surface area contributed by atoms with E-state index in [2.05, 4.69) is 56.0 Å². The van der Waals surface area contributed by atoms with Gasteiger partial charge in [0.1, 0.15) is 5.82 Å². The predicted octanol–water partition coefficient (Wildman–Crippen LogP) is 4.01. The van der Waals surface area contributed by atoms with E-state index in [0.717, 1.165) is 61.7 Å². The minimum atomic E-state index is 0. The molecule has 1 aliphatic rings. The van der Waals surface area contributed by atoms with Crippen LogP contribution in [0.25, 0.3) is 11.0 Å². The molecule has 1 saturated heterocycles. The van der Waals surface area contributed by atoms with Crippen molar-refractivity contribution in [2.45, 2.75) is 32.2 Å². The monoisotopic (exact) mass is 524 g/mol. The first-order chi connectivity index (χ1) is 13.8. The highest BCUT2D eigenvalue weighted by molar-refractivity contribution is 14.0. The number of rotatable bonds is 6. The van der Waals surface area contributed by atoms with Crippen molar-refractivity contribution in [3.63, 3.8) is 0 Å². The summed E-state index contributed by atoms with van der Waals surface area (Å²) in [5.41, 5.74) is 2.10. The molecule has 3 N–H and O–H groups in total. The van der Waals surface area contributed by atoms with E-state index in [4.69, 9.17) is 4.99 Å². The third kappa shape index (κ3) is 5.85. The first-order valence-corrected chi connectivity index (χ1v) is 11.0. The van der Waals surface area contributed by atoms with Gasteiger partial charge in [0.05, 0.1) is 16.0 Å². The molecule has 6 nitrogen and oxygen atoms in total. The smallest absolute Gasteiger partial charge is 0.191 e. The lowest BCUT2D eigenvalue weighted by Crippen LogP contribution is -2.48. The number of nitrogens with one attached hydrogen (secondary N) is 3. The maximum Gasteiger partial charge on any atom is 0.191 e. The Bertz CT molecular complexity index is 866. The standard InChI is InChI=1S/C21H28N6S.HI/c1-2-22-21(23-12-9-19-25-17-6-3-4-7-18(17)26-19)24-16-10-13-27(14-11-16)20-8-5-15-28-20;/h3-8,15-16H,2,9-14H2,1H3,(H,25,26)(H2,22,23,24);1H. The highest BCUT2D eigenvalue weighted by Gasteiger charge is 2.20. The van der Waals surface area contributed by atoms with Gasteiger partial charge in [0.25, 0.3) is 0 Å². The van der Waals surface area contributed by atoms with Crippen molar-refractivity contribution < 1.29 is 0 Å². The molecule has 4 rings (SSSR count). The van der Waals surface area contributed by atoms with Crippen LogP contribution in [-0.2, 0) is 6.42 Å². The molecule has 1 aromatic carbocycles. The predicted molar refractivity (Wildman–Crippen MR) is 134 cm³/mol. The second-order valence-corrected chi connectivity index (χ2v) is 7.99. The van der Waals surface area contributed by atoms with Crippen molar-refractivity contribution in [1.82, 2.24) is 20.6 Å². The fourth-order valence-corrected chi connectivity index (χ4v) is 4.39. The number of imidazole rings is 1. The number of nitrogens with zero attached hydrogens (tertiary/aromatic N) is 3. The average molecular weight is 524 g/mol. The molecule has 156 valence electrons. The molecule has 0 bridgehead atoms. The maximum absolute atomic E-state index is 4.76. The number of H-pyrrole nitrogens is 1. The van der Waals surface area contributed by atoms with Gasteiger partial charge in [0.2, 0.25) is 0 Å². The van der Waals surface area contributed by atoms with Crippen LogP contribution in [0.2, 0.25) is 0 Å². The largest absolute Gasteiger partial charge is 0.363 e. The van der Waals surface area contributed by atoms with Crippen LogP contribution in [-0.4, -0.2) is 48.1 Å². The number of halogens is 1. The summed E-state index contributed by atoms with van der Waals surface area (Å²) in [6.45, 7) is 5.87. The van der Waals surface area contributed by atoms with Gasteiger partial charge < -0.3 is 20.5 Å². The number of hydrogen-bond acceptors (Lipinski definition) is 4. The zero-order valence-electron chi connectivity index (χ0n) is 16.7. The normalized spacial score (nSPS) is 15.3. The van der Waals surface area contributed by atoms with Gasteiger partial charge in [-0.05, 0) is 49.4 Å². The second kappa shape index (κ2) is 10.8. The third-order valence-electron chi connectivity index (χ3n) is 5.05. The van der Waals surface area contributed by atoms with Crippen molar-refractivity contribution in [2.75, 3.05) is 31.1 Å². The van der Waals surface area contributed by atoms with Crippen LogP contribution in [0.15, 0.2) is 46.8 Å². The van der Waals surface area contributed by atoms with E-state index in [-0.39, 0.29) is 24.0 Å². The van der Waals surface area contributed by atoms with Crippen LogP contribution in [0, 0.1) is 0 Å². The zero-order chi connectivity index (χ0) is 19.2. The van der Waals surface area contributed by atoms with Gasteiger partial charge in [-0.1, -0.05) is 12.1 Å². The quantitative estimate of drug-likeness (QED) is 0.259. The number of aliphatic imine (C=N–C) groups is 1. The number of para-hydroxylation sites is 2. The van der Waals surface area contributed by atoms with Gasteiger partial charge in [-0.2, -0.15) is 0 Å². The number of anilines is 1. The summed E-state index contributed by atoms with van der Waals surface area (Å²) in [6.07, 6.45) is 3.07. The highest BCUT2D eigenvalue weighted by atomic mass is 127. The fourth-order valence-electron chi connectivity index (χ4n) is 3.61. The van der Waals surface area contributed by atoms with E-state index in [1.165, 1.54) is 5.00 Å². The average Bonchev–Trinajstić information content (AvgIpc) is 3.38. The second-order valence-electron chi connectivity index (χ2n) is 7.07. The zero-order valence-corrected chi connectivity index (χ0v) is 19.9. The van der Waals surface area contributed by atoms with Gasteiger partial charge in [-0.15, -0.1) is 35.3 Å². The Morgan fingerprint density at radius 1 is 1.24 bits per heavy atom. The number of thiophene rings is 1. The minimum absolute atomic E-state index is 0. The molecule has 0 amide bonds. The van der Waals surface area contributed by atoms with Crippen molar-refractivity contribution >= 4 is 57.3 Å². The number of guanidine groups is 1. The maximum atomic E-state index is 4.76. The summed E-state index contributed by atoms with van der Waals surface area (Å²) in [4.78, 5) is 15.3. The first-order valence-electron chi connectivity index (χ1n) is 10.1. The van der Waals surface area contributed by atoms with Crippen molar-refractivity contribution in [2.24, 2.45) is 4.99 Å². The van der Waals surface area contributed by atoms with Crippen LogP contribution in [0.1, 0.15) is 25.6 Å². The molecule has 29 heavy (non-hydrogen) atoms. The Morgan fingerprint density at radius 3 is 2.79 bits per heavy atom. The Kier molecular flexibility index (Phi) is 8.17. The van der Waals surface area contributed by atoms with Crippen molar-refractivity contribution in [3.8, 4) is 0 Å². The molecular weight excluding hydrogens is 495 g/mol. The molecule has 0 unspecified atom stereocenters. The Balaban J connectivity index is 0.00000240. The number of piperidine rings is 1. The first kappa shape index (κ1) is 21.9. The molecule has 3 heterocycles. The van der Waals surface area contributed by atoms with Crippen LogP contribution in [0.5, 0.6) is 0 Å². The molecule has 0 saturated carbocycles. The molecule has 3 aromatic rings. The Labute approximate surface area is 193 Å². The summed E-state index contributed by atoms with van der Waals surface area (Å²) >= 11 is 1.82. The van der Waals surface area contributed by atoms with E-state index in [9.17, 15) is 0 Å². The molecule has 8 heteroatoms. The molecule has 2 aromatic heterocycles. The molecular formula is C21H29IN6S. The Morgan fingerprint density at radius 2 is 2.07 bits per heavy atom. The number of benzene rings is 1. The van der Waals surface area contributed by atoms with Gasteiger partial charge in [0, 0.05) is 38.6 Å². The van der Waals surface area contributed by atoms with Gasteiger partial charge in [-0.3, -0.25) is 4.99 Å². The van der Waals surface area contributed by atoms with E-state index in [0.29, 0.717) is 12.6 Å². The lowest BCUT2D eigenvalue weighted by Gasteiger charge is -2.33. The van der Waals surface area contributed by atoms with Gasteiger partial charge in [0.15, 0.2) is 5.96 Å². The molecule has 0 atom stereocenters. The summed E-state index contributed by atoms with van der Waals surface area (Å²) in [5.74, 6) is 1.90. The molecule has 0 spiro atoms. The van der Waals surface area contributed by atoms with E-state index in [1.54, 1.807) is 0 Å². The molecule has 1 fully saturated rings. The van der Waals surface area contributed by atoms with E-state index < -0.39 is 0 Å². The van der Waals surface area contributed by atoms with Crippen LogP contribution in [0.4, 0.5) is 5.00 Å². The minimum Gasteiger partial charge on any atom is -0.363 e. The fraction of sp³-hybridized carbons (Fsp3) is 0.429. The number of fused-ring (bicyclic) bond motifs is 1. The third-order valence-corrected chi connectivity index (χ3v) is 5.98. The van der Waals surface area contributed by atoms with Crippen LogP contribution in [0.3, 0.4) is 0 Å². The lowest BCUT2D eigenvalue weighted by molar-refractivity contribution is 0.463. The van der Waals surface area contributed by atoms with Crippen molar-refractivity contribution in [3.05, 3.63) is 47.6 Å². The summed E-state index contributed by atoms with van der Waals surface area (Å²) in [5, 5.41) is 10.5. The molecule has 1 aliphatic heterocycles. The Hall–Kier alpha value is -1.81. The number of hydrogen-bond donors (Lipinski definition) is 3. The van der Waals surface area contributed by atoms with Crippen LogP contribution >= 0.6 is 35.3 Å². The lowest BCUT2D eigenvalue weighted by atomic mass is 10.1. The SMILES string of the molecule is CCNC(=NCCc1nc2ccccc2[nH]1)NC1CCN(c2cccs2)CC1.I. The molecule has 0 aliphatic carbocycles. The highest BCUT2D eigenvalue weighted by Crippen LogP contribution is 2.24. The summed E-state index contributed by atoms with van der Waals surface area (Å²) < 4.78 is 0. The van der Waals surface area contributed by atoms with Crippen LogP contribution < -0.4 is 15.5 Å².